The molecule has 1 fully saturated rings. The van der Waals surface area contributed by atoms with Crippen molar-refractivity contribution in [1.82, 2.24) is 14.7 Å². The number of hydrogen-bond donors (Lipinski definition) is 1. The molecule has 0 bridgehead atoms. The lowest BCUT2D eigenvalue weighted by atomic mass is 9.89. The Kier molecular flexibility index (Phi) is 5.84. The summed E-state index contributed by atoms with van der Waals surface area (Å²) in [6.07, 6.45) is 0. The third-order valence-corrected chi connectivity index (χ3v) is 6.09. The van der Waals surface area contributed by atoms with Gasteiger partial charge in [0.05, 0.1) is 16.6 Å². The minimum atomic E-state index is -0.556. The van der Waals surface area contributed by atoms with E-state index in [2.05, 4.69) is 10.4 Å². The summed E-state index contributed by atoms with van der Waals surface area (Å²) in [7, 11) is 0. The molecule has 1 N–H and O–H groups in total. The van der Waals surface area contributed by atoms with Gasteiger partial charge in [0.25, 0.3) is 5.91 Å². The predicted molar refractivity (Wildman–Crippen MR) is 118 cm³/mol. The maximum absolute atomic E-state index is 12.9. The highest BCUT2D eigenvalue weighted by molar-refractivity contribution is 7.16. The van der Waals surface area contributed by atoms with Crippen LogP contribution in [-0.2, 0) is 11.3 Å². The zero-order valence-corrected chi connectivity index (χ0v) is 19.4. The second-order valence-electron chi connectivity index (χ2n) is 9.64. The zero-order chi connectivity index (χ0) is 21.6. The third kappa shape index (κ3) is 4.83. The summed E-state index contributed by atoms with van der Waals surface area (Å²) in [4.78, 5) is 28.3. The van der Waals surface area contributed by atoms with Crippen molar-refractivity contribution in [3.8, 4) is 0 Å². The van der Waals surface area contributed by atoms with Crippen molar-refractivity contribution in [2.75, 3.05) is 18.4 Å². The van der Waals surface area contributed by atoms with Crippen LogP contribution in [0.4, 0.5) is 5.82 Å². The Morgan fingerprint density at radius 2 is 1.76 bits per heavy atom. The van der Waals surface area contributed by atoms with E-state index in [4.69, 9.17) is 11.6 Å². The monoisotopic (exact) mass is 436 g/mol. The van der Waals surface area contributed by atoms with E-state index in [9.17, 15) is 9.59 Å². The largest absolute Gasteiger partial charge is 0.365 e. The molecule has 0 spiro atoms. The predicted octanol–water partition coefficient (Wildman–Crippen LogP) is 4.87. The van der Waals surface area contributed by atoms with Crippen LogP contribution in [-0.4, -0.2) is 39.6 Å². The number of nitrogens with one attached hydrogen (secondary N) is 1. The number of carbonyl (C=O) groups is 2. The van der Waals surface area contributed by atoms with E-state index < -0.39 is 5.41 Å². The van der Waals surface area contributed by atoms with Gasteiger partial charge in [-0.1, -0.05) is 53.1 Å². The Balaban J connectivity index is 1.78. The number of thiophene rings is 1. The summed E-state index contributed by atoms with van der Waals surface area (Å²) < 4.78 is 2.21. The molecule has 0 atom stereocenters. The summed E-state index contributed by atoms with van der Waals surface area (Å²) in [5, 5.41) is 7.94. The summed E-state index contributed by atoms with van der Waals surface area (Å²) >= 11 is 7.52. The molecular weight excluding hydrogens is 408 g/mol. The van der Waals surface area contributed by atoms with Gasteiger partial charge < -0.3 is 10.2 Å². The average Bonchev–Trinajstić information content (AvgIpc) is 3.15. The van der Waals surface area contributed by atoms with Crippen LogP contribution < -0.4 is 5.32 Å². The Morgan fingerprint density at radius 3 is 2.28 bits per heavy atom. The molecule has 2 aromatic heterocycles. The topological polar surface area (TPSA) is 67.2 Å². The fourth-order valence-corrected chi connectivity index (χ4v) is 4.15. The number of nitrogens with zero attached hydrogens (tertiary/aromatic N) is 3. The average molecular weight is 437 g/mol. The molecule has 1 aliphatic heterocycles. The standard InChI is InChI=1S/C21H29ClN4O2S/c1-20(2,3)18(27)25-11-13(12-25)15-9-17(23-10-14-7-8-16(22)29-14)26(24-15)19(28)21(4,5)6/h7-9,13,23H,10-12H2,1-6H3. The third-order valence-electron chi connectivity index (χ3n) is 4.86. The fourth-order valence-electron chi connectivity index (χ4n) is 3.13. The van der Waals surface area contributed by atoms with Gasteiger partial charge in [0.15, 0.2) is 0 Å². The number of aromatic nitrogens is 2. The Bertz CT molecular complexity index is 914. The van der Waals surface area contributed by atoms with Crippen LogP contribution in [0.1, 0.15) is 62.8 Å². The van der Waals surface area contributed by atoms with E-state index in [0.29, 0.717) is 25.5 Å². The van der Waals surface area contributed by atoms with Crippen LogP contribution in [0.25, 0.3) is 0 Å². The van der Waals surface area contributed by atoms with Crippen molar-refractivity contribution < 1.29 is 9.59 Å². The molecule has 2 aromatic rings. The van der Waals surface area contributed by atoms with Gasteiger partial charge in [0.2, 0.25) is 5.91 Å². The maximum Gasteiger partial charge on any atom is 0.254 e. The van der Waals surface area contributed by atoms with E-state index in [1.165, 1.54) is 16.0 Å². The molecule has 158 valence electrons. The highest BCUT2D eigenvalue weighted by Crippen LogP contribution is 2.32. The zero-order valence-electron chi connectivity index (χ0n) is 17.9. The Morgan fingerprint density at radius 1 is 1.14 bits per heavy atom. The van der Waals surface area contributed by atoms with Gasteiger partial charge in [-0.15, -0.1) is 11.3 Å². The molecule has 0 radical (unpaired) electrons. The van der Waals surface area contributed by atoms with Crippen LogP contribution in [0.3, 0.4) is 0 Å². The highest BCUT2D eigenvalue weighted by Gasteiger charge is 2.38. The lowest BCUT2D eigenvalue weighted by Crippen LogP contribution is -2.52. The first-order valence-electron chi connectivity index (χ1n) is 9.78. The SMILES string of the molecule is CC(C)(C)C(=O)N1CC(c2cc(NCc3ccc(Cl)s3)n(C(=O)C(C)(C)C)n2)C1. The quantitative estimate of drug-likeness (QED) is 0.742. The molecule has 0 saturated carbocycles. The van der Waals surface area contributed by atoms with Crippen molar-refractivity contribution in [3.05, 3.63) is 33.1 Å². The molecule has 8 heteroatoms. The lowest BCUT2D eigenvalue weighted by Gasteiger charge is -2.41. The molecule has 0 aromatic carbocycles. The number of rotatable bonds is 4. The molecule has 0 aliphatic carbocycles. The van der Waals surface area contributed by atoms with Crippen LogP contribution in [0.5, 0.6) is 0 Å². The first-order valence-corrected chi connectivity index (χ1v) is 11.0. The fraction of sp³-hybridized carbons (Fsp3) is 0.571. The van der Waals surface area contributed by atoms with Gasteiger partial charge in [-0.2, -0.15) is 9.78 Å². The number of likely N-dealkylation sites (tertiary alicyclic amines) is 1. The first kappa shape index (κ1) is 21.8. The second kappa shape index (κ2) is 7.76. The molecular formula is C21H29ClN4O2S. The van der Waals surface area contributed by atoms with Crippen LogP contribution in [0.15, 0.2) is 18.2 Å². The van der Waals surface area contributed by atoms with Crippen LogP contribution in [0.2, 0.25) is 4.34 Å². The van der Waals surface area contributed by atoms with Gasteiger partial charge in [-0.3, -0.25) is 9.59 Å². The molecule has 1 amide bonds. The number of halogens is 1. The molecule has 29 heavy (non-hydrogen) atoms. The Labute approximate surface area is 181 Å². The van der Waals surface area contributed by atoms with Gasteiger partial charge in [0, 0.05) is 40.8 Å². The number of anilines is 1. The smallest absolute Gasteiger partial charge is 0.254 e. The van der Waals surface area contributed by atoms with E-state index >= 15 is 0 Å². The molecule has 0 unspecified atom stereocenters. The second-order valence-corrected chi connectivity index (χ2v) is 11.4. The maximum atomic E-state index is 12.9. The summed E-state index contributed by atoms with van der Waals surface area (Å²) in [5.74, 6) is 0.890. The van der Waals surface area contributed by atoms with E-state index in [1.807, 2.05) is 64.6 Å². The van der Waals surface area contributed by atoms with E-state index in [-0.39, 0.29) is 23.1 Å². The normalized spacial score (nSPS) is 15.3. The summed E-state index contributed by atoms with van der Waals surface area (Å²) in [6.45, 7) is 13.3. The Hall–Kier alpha value is -1.86. The molecule has 1 aliphatic rings. The molecule has 6 nitrogen and oxygen atoms in total. The van der Waals surface area contributed by atoms with E-state index in [0.717, 1.165) is 14.9 Å². The van der Waals surface area contributed by atoms with Gasteiger partial charge in [-0.05, 0) is 12.1 Å². The molecule has 1 saturated heterocycles. The van der Waals surface area contributed by atoms with Crippen molar-refractivity contribution in [2.45, 2.75) is 54.0 Å². The highest BCUT2D eigenvalue weighted by atomic mass is 35.5. The van der Waals surface area contributed by atoms with Gasteiger partial charge >= 0.3 is 0 Å². The van der Waals surface area contributed by atoms with Crippen molar-refractivity contribution in [2.24, 2.45) is 10.8 Å². The summed E-state index contributed by atoms with van der Waals surface area (Å²) in [6, 6.07) is 5.76. The minimum Gasteiger partial charge on any atom is -0.365 e. The number of hydrogen-bond acceptors (Lipinski definition) is 5. The van der Waals surface area contributed by atoms with E-state index in [1.54, 1.807) is 0 Å². The molecule has 3 heterocycles. The van der Waals surface area contributed by atoms with Crippen LogP contribution in [0, 0.1) is 10.8 Å². The summed E-state index contributed by atoms with van der Waals surface area (Å²) in [5.41, 5.74) is -0.103. The van der Waals surface area contributed by atoms with Crippen molar-refractivity contribution in [1.29, 1.82) is 0 Å². The van der Waals surface area contributed by atoms with Gasteiger partial charge in [-0.25, -0.2) is 0 Å². The number of amides is 1. The van der Waals surface area contributed by atoms with Crippen molar-refractivity contribution >= 4 is 40.6 Å². The minimum absolute atomic E-state index is 0.0718. The number of carbonyl (C=O) groups excluding carboxylic acids is 2. The molecule has 3 rings (SSSR count). The lowest BCUT2D eigenvalue weighted by molar-refractivity contribution is -0.144. The van der Waals surface area contributed by atoms with Crippen LogP contribution >= 0.6 is 22.9 Å². The van der Waals surface area contributed by atoms with Gasteiger partial charge in [0.1, 0.15) is 5.82 Å². The first-order chi connectivity index (χ1) is 13.4. The van der Waals surface area contributed by atoms with Crippen molar-refractivity contribution in [3.63, 3.8) is 0 Å².